The summed E-state index contributed by atoms with van der Waals surface area (Å²) in [6.45, 7) is 2.40. The Morgan fingerprint density at radius 2 is 2.17 bits per heavy atom. The molecule has 0 radical (unpaired) electrons. The minimum atomic E-state index is 0.0570. The maximum Gasteiger partial charge on any atom is 0.190 e. The van der Waals surface area contributed by atoms with Gasteiger partial charge >= 0.3 is 0 Å². The minimum absolute atomic E-state index is 0.0570. The first-order chi connectivity index (χ1) is 8.58. The third-order valence-corrected chi connectivity index (χ3v) is 5.76. The largest absolute Gasteiger partial charge is 0.370 e. The molecule has 2 atom stereocenters. The second-order valence-corrected chi connectivity index (χ2v) is 8.52. The highest BCUT2D eigenvalue weighted by molar-refractivity contribution is 9.12. The average molecular weight is 396 g/mol. The average Bonchev–Trinajstić information content (AvgIpc) is 2.67. The van der Waals surface area contributed by atoms with Crippen LogP contribution in [0.25, 0.3) is 0 Å². The maximum absolute atomic E-state index is 12.1. The van der Waals surface area contributed by atoms with E-state index in [9.17, 15) is 4.79 Å². The van der Waals surface area contributed by atoms with Crippen LogP contribution in [0, 0.1) is 5.92 Å². The molecule has 100 valence electrons. The SMILES string of the molecule is CC1CCCCC1OCC(=O)c1cc(Br)sc1Br. The lowest BCUT2D eigenvalue weighted by atomic mass is 9.88. The van der Waals surface area contributed by atoms with Gasteiger partial charge in [0.05, 0.1) is 13.7 Å². The fourth-order valence-corrected chi connectivity index (χ4v) is 5.18. The van der Waals surface area contributed by atoms with Crippen molar-refractivity contribution in [3.05, 3.63) is 19.2 Å². The maximum atomic E-state index is 12.1. The summed E-state index contributed by atoms with van der Waals surface area (Å²) in [5.41, 5.74) is 0.718. The number of Topliss-reactive ketones (excluding diaryl/α,β-unsaturated/α-hetero) is 1. The van der Waals surface area contributed by atoms with Crippen LogP contribution in [0.15, 0.2) is 13.6 Å². The van der Waals surface area contributed by atoms with Crippen molar-refractivity contribution in [2.45, 2.75) is 38.7 Å². The Labute approximate surface area is 128 Å². The molecule has 2 nitrogen and oxygen atoms in total. The third kappa shape index (κ3) is 3.65. The van der Waals surface area contributed by atoms with Crippen molar-refractivity contribution in [2.75, 3.05) is 6.61 Å². The highest BCUT2D eigenvalue weighted by Gasteiger charge is 2.23. The van der Waals surface area contributed by atoms with Gasteiger partial charge in [0.2, 0.25) is 0 Å². The molecule has 0 bridgehead atoms. The Kier molecular flexibility index (Phi) is 5.42. The molecule has 2 unspecified atom stereocenters. The number of carbonyl (C=O) groups excluding carboxylic acids is 1. The molecular weight excluding hydrogens is 380 g/mol. The van der Waals surface area contributed by atoms with Crippen LogP contribution in [0.3, 0.4) is 0 Å². The zero-order chi connectivity index (χ0) is 13.1. The molecule has 0 N–H and O–H groups in total. The van der Waals surface area contributed by atoms with E-state index in [1.165, 1.54) is 30.6 Å². The predicted octanol–water partition coefficient (Wildman–Crippen LogP) is 5.05. The zero-order valence-corrected chi connectivity index (χ0v) is 14.2. The van der Waals surface area contributed by atoms with Gasteiger partial charge in [0, 0.05) is 5.56 Å². The number of ketones is 1. The number of hydrogen-bond donors (Lipinski definition) is 0. The number of halogens is 2. The molecule has 2 rings (SSSR count). The summed E-state index contributed by atoms with van der Waals surface area (Å²) in [6, 6.07) is 1.85. The van der Waals surface area contributed by atoms with Crippen molar-refractivity contribution in [1.29, 1.82) is 0 Å². The lowest BCUT2D eigenvalue weighted by molar-refractivity contribution is 0.000740. The molecule has 1 fully saturated rings. The van der Waals surface area contributed by atoms with Gasteiger partial charge in [-0.1, -0.05) is 19.8 Å². The van der Waals surface area contributed by atoms with Crippen molar-refractivity contribution in [2.24, 2.45) is 5.92 Å². The Hall–Kier alpha value is 0.290. The van der Waals surface area contributed by atoms with Crippen molar-refractivity contribution in [3.63, 3.8) is 0 Å². The first kappa shape index (κ1) is 14.7. The van der Waals surface area contributed by atoms with E-state index in [-0.39, 0.29) is 18.5 Å². The molecule has 0 saturated heterocycles. The van der Waals surface area contributed by atoms with E-state index < -0.39 is 0 Å². The molecule has 1 aliphatic carbocycles. The van der Waals surface area contributed by atoms with Gasteiger partial charge in [0.15, 0.2) is 5.78 Å². The molecule has 1 aliphatic rings. The predicted molar refractivity (Wildman–Crippen MR) is 81.4 cm³/mol. The summed E-state index contributed by atoms with van der Waals surface area (Å²) < 4.78 is 7.63. The lowest BCUT2D eigenvalue weighted by Gasteiger charge is -2.28. The Morgan fingerprint density at radius 3 is 2.78 bits per heavy atom. The topological polar surface area (TPSA) is 26.3 Å². The highest BCUT2D eigenvalue weighted by Crippen LogP contribution is 2.32. The van der Waals surface area contributed by atoms with E-state index >= 15 is 0 Å². The molecule has 0 spiro atoms. The van der Waals surface area contributed by atoms with E-state index in [4.69, 9.17) is 4.74 Å². The Morgan fingerprint density at radius 1 is 1.44 bits per heavy atom. The second-order valence-electron chi connectivity index (χ2n) is 4.77. The van der Waals surface area contributed by atoms with Gasteiger partial charge in [-0.05, 0) is 56.7 Å². The van der Waals surface area contributed by atoms with Crippen LogP contribution < -0.4 is 0 Å². The molecule has 1 heterocycles. The highest BCUT2D eigenvalue weighted by atomic mass is 79.9. The fraction of sp³-hybridized carbons (Fsp3) is 0.615. The van der Waals surface area contributed by atoms with Gasteiger partial charge < -0.3 is 4.74 Å². The summed E-state index contributed by atoms with van der Waals surface area (Å²) in [5, 5.41) is 0. The van der Waals surface area contributed by atoms with Crippen LogP contribution in [-0.2, 0) is 4.74 Å². The van der Waals surface area contributed by atoms with Gasteiger partial charge in [0.25, 0.3) is 0 Å². The minimum Gasteiger partial charge on any atom is -0.370 e. The van der Waals surface area contributed by atoms with Crippen LogP contribution in [0.2, 0.25) is 0 Å². The van der Waals surface area contributed by atoms with Crippen molar-refractivity contribution < 1.29 is 9.53 Å². The van der Waals surface area contributed by atoms with Crippen LogP contribution in [0.5, 0.6) is 0 Å². The van der Waals surface area contributed by atoms with Crippen LogP contribution in [0.1, 0.15) is 43.0 Å². The summed E-state index contributed by atoms with van der Waals surface area (Å²) in [5.74, 6) is 0.630. The van der Waals surface area contributed by atoms with Crippen molar-refractivity contribution in [1.82, 2.24) is 0 Å². The molecule has 0 aromatic carbocycles. The molecule has 0 amide bonds. The number of hydrogen-bond acceptors (Lipinski definition) is 3. The van der Waals surface area contributed by atoms with Crippen LogP contribution in [-0.4, -0.2) is 18.5 Å². The van der Waals surface area contributed by atoms with E-state index in [0.717, 1.165) is 19.6 Å². The molecule has 18 heavy (non-hydrogen) atoms. The summed E-state index contributed by atoms with van der Waals surface area (Å²) in [4.78, 5) is 12.1. The summed E-state index contributed by atoms with van der Waals surface area (Å²) in [7, 11) is 0. The normalized spacial score (nSPS) is 24.2. The first-order valence-corrected chi connectivity index (χ1v) is 8.58. The standard InChI is InChI=1S/C13H16Br2O2S/c1-8-4-2-3-5-11(8)17-7-10(16)9-6-12(14)18-13(9)15/h6,8,11H,2-5,7H2,1H3. The van der Waals surface area contributed by atoms with Gasteiger partial charge in [-0.15, -0.1) is 11.3 Å². The van der Waals surface area contributed by atoms with E-state index in [0.29, 0.717) is 5.92 Å². The third-order valence-electron chi connectivity index (χ3n) is 3.42. The van der Waals surface area contributed by atoms with Gasteiger partial charge in [-0.3, -0.25) is 4.79 Å². The van der Waals surface area contributed by atoms with E-state index in [1.54, 1.807) is 0 Å². The molecule has 5 heteroatoms. The molecule has 0 aliphatic heterocycles. The lowest BCUT2D eigenvalue weighted by Crippen LogP contribution is -2.27. The van der Waals surface area contributed by atoms with Gasteiger partial charge in [-0.2, -0.15) is 0 Å². The first-order valence-electron chi connectivity index (χ1n) is 6.17. The number of rotatable bonds is 4. The smallest absolute Gasteiger partial charge is 0.190 e. The van der Waals surface area contributed by atoms with E-state index in [1.807, 2.05) is 6.07 Å². The van der Waals surface area contributed by atoms with E-state index in [2.05, 4.69) is 38.8 Å². The second kappa shape index (κ2) is 6.64. The number of thiophene rings is 1. The summed E-state index contributed by atoms with van der Waals surface area (Å²) in [6.07, 6.45) is 5.06. The van der Waals surface area contributed by atoms with Gasteiger partial charge in [0.1, 0.15) is 6.61 Å². The summed E-state index contributed by atoms with van der Waals surface area (Å²) >= 11 is 8.31. The molecular formula is C13H16Br2O2S. The van der Waals surface area contributed by atoms with Crippen molar-refractivity contribution >= 4 is 49.0 Å². The molecule has 1 aromatic rings. The number of carbonyl (C=O) groups is 1. The Balaban J connectivity index is 1.90. The van der Waals surface area contributed by atoms with Crippen LogP contribution in [0.4, 0.5) is 0 Å². The fourth-order valence-electron chi connectivity index (χ4n) is 2.32. The van der Waals surface area contributed by atoms with Crippen molar-refractivity contribution in [3.8, 4) is 0 Å². The molecule has 1 aromatic heterocycles. The quantitative estimate of drug-likeness (QED) is 0.666. The van der Waals surface area contributed by atoms with Crippen LogP contribution >= 0.6 is 43.2 Å². The number of ether oxygens (including phenoxy) is 1. The Bertz CT molecular complexity index is 431. The monoisotopic (exact) mass is 394 g/mol. The molecule has 1 saturated carbocycles. The van der Waals surface area contributed by atoms with Gasteiger partial charge in [-0.25, -0.2) is 0 Å². The zero-order valence-electron chi connectivity index (χ0n) is 10.2.